The lowest BCUT2D eigenvalue weighted by molar-refractivity contribution is -0.150. The van der Waals surface area contributed by atoms with Gasteiger partial charge in [0.15, 0.2) is 6.10 Å². The molecule has 2 N–H and O–H groups in total. The van der Waals surface area contributed by atoms with Gasteiger partial charge in [-0.05, 0) is 47.0 Å². The van der Waals surface area contributed by atoms with Gasteiger partial charge in [-0.15, -0.1) is 0 Å². The van der Waals surface area contributed by atoms with Crippen molar-refractivity contribution in [2.75, 3.05) is 5.32 Å². The monoisotopic (exact) mass is 347 g/mol. The molecule has 0 radical (unpaired) electrons. The van der Waals surface area contributed by atoms with Gasteiger partial charge in [-0.2, -0.15) is 0 Å². The summed E-state index contributed by atoms with van der Waals surface area (Å²) in [5.74, 6) is -1.40. The number of benzene rings is 1. The van der Waals surface area contributed by atoms with Gasteiger partial charge in [0.25, 0.3) is 5.91 Å². The van der Waals surface area contributed by atoms with E-state index < -0.39 is 18.2 Å². The zero-order chi connectivity index (χ0) is 14.0. The van der Waals surface area contributed by atoms with Crippen molar-refractivity contribution in [1.29, 1.82) is 0 Å². The highest BCUT2D eigenvalue weighted by molar-refractivity contribution is 9.10. The van der Waals surface area contributed by atoms with Gasteiger partial charge >= 0.3 is 5.97 Å². The Hall–Kier alpha value is -1.11. The molecule has 1 aliphatic rings. The smallest absolute Gasteiger partial charge is 0.332 e. The Kier molecular flexibility index (Phi) is 4.44. The first-order chi connectivity index (χ1) is 8.97. The van der Waals surface area contributed by atoms with Gasteiger partial charge in [-0.1, -0.05) is 11.6 Å². The number of carboxylic acid groups (broad SMARTS) is 1. The van der Waals surface area contributed by atoms with E-state index in [0.717, 1.165) is 4.47 Å². The molecule has 2 rings (SSSR count). The molecule has 1 aromatic carbocycles. The van der Waals surface area contributed by atoms with Crippen LogP contribution in [-0.2, 0) is 14.3 Å². The number of carbonyl (C=O) groups is 2. The molecule has 5 nitrogen and oxygen atoms in total. The van der Waals surface area contributed by atoms with Crippen LogP contribution in [0.4, 0.5) is 5.69 Å². The Morgan fingerprint density at radius 2 is 2.05 bits per heavy atom. The molecule has 0 saturated carbocycles. The lowest BCUT2D eigenvalue weighted by atomic mass is 10.2. The Balaban J connectivity index is 1.98. The first-order valence-corrected chi connectivity index (χ1v) is 6.78. The van der Waals surface area contributed by atoms with Crippen molar-refractivity contribution in [3.8, 4) is 0 Å². The maximum absolute atomic E-state index is 11.9. The van der Waals surface area contributed by atoms with Crippen LogP contribution in [0.2, 0.25) is 5.02 Å². The standard InChI is InChI=1S/C12H11BrClNO4/c13-7-2-1-6(5-8(7)14)15-11(16)9-3-4-10(19-9)12(17)18/h1-2,5,9-10H,3-4H2,(H,15,16)(H,17,18)/t9-,10+/m0/s1. The summed E-state index contributed by atoms with van der Waals surface area (Å²) in [6.45, 7) is 0. The maximum atomic E-state index is 11.9. The summed E-state index contributed by atoms with van der Waals surface area (Å²) in [4.78, 5) is 22.6. The predicted octanol–water partition coefficient (Wildman–Crippen LogP) is 2.67. The first-order valence-electron chi connectivity index (χ1n) is 5.61. The van der Waals surface area contributed by atoms with E-state index in [1.165, 1.54) is 0 Å². The van der Waals surface area contributed by atoms with Gasteiger partial charge in [-0.3, -0.25) is 4.79 Å². The number of carboxylic acids is 1. The molecule has 0 spiro atoms. The molecule has 102 valence electrons. The van der Waals surface area contributed by atoms with E-state index in [-0.39, 0.29) is 5.91 Å². The summed E-state index contributed by atoms with van der Waals surface area (Å²) in [5, 5.41) is 11.9. The highest BCUT2D eigenvalue weighted by atomic mass is 79.9. The number of anilines is 1. The summed E-state index contributed by atoms with van der Waals surface area (Å²) < 4.78 is 5.89. The van der Waals surface area contributed by atoms with Gasteiger partial charge in [0, 0.05) is 10.2 Å². The molecule has 7 heteroatoms. The average molecular weight is 349 g/mol. The number of ether oxygens (including phenoxy) is 1. The molecule has 1 fully saturated rings. The lowest BCUT2D eigenvalue weighted by Gasteiger charge is -2.12. The zero-order valence-electron chi connectivity index (χ0n) is 9.73. The molecule has 1 amide bonds. The molecule has 19 heavy (non-hydrogen) atoms. The van der Waals surface area contributed by atoms with Crippen LogP contribution < -0.4 is 5.32 Å². The predicted molar refractivity (Wildman–Crippen MR) is 73.3 cm³/mol. The van der Waals surface area contributed by atoms with Crippen LogP contribution in [0.25, 0.3) is 0 Å². The molecule has 0 bridgehead atoms. The number of hydrogen-bond acceptors (Lipinski definition) is 3. The van der Waals surface area contributed by atoms with Crippen molar-refractivity contribution < 1.29 is 19.4 Å². The molecular weight excluding hydrogens is 337 g/mol. The van der Waals surface area contributed by atoms with Crippen LogP contribution in [-0.4, -0.2) is 29.2 Å². The van der Waals surface area contributed by atoms with Crippen molar-refractivity contribution in [3.63, 3.8) is 0 Å². The third-order valence-corrected chi connectivity index (χ3v) is 4.01. The number of hydrogen-bond donors (Lipinski definition) is 2. The van der Waals surface area contributed by atoms with Crippen molar-refractivity contribution in [1.82, 2.24) is 0 Å². The highest BCUT2D eigenvalue weighted by Gasteiger charge is 2.34. The van der Waals surface area contributed by atoms with E-state index in [9.17, 15) is 9.59 Å². The number of halogens is 2. The lowest BCUT2D eigenvalue weighted by Crippen LogP contribution is -2.29. The average Bonchev–Trinajstić information content (AvgIpc) is 2.83. The molecule has 0 unspecified atom stereocenters. The SMILES string of the molecule is O=C(Nc1ccc(Br)c(Cl)c1)[C@@H]1CC[C@H](C(=O)O)O1. The molecule has 1 aliphatic heterocycles. The fraction of sp³-hybridized carbons (Fsp3) is 0.333. The zero-order valence-corrected chi connectivity index (χ0v) is 12.1. The number of aliphatic carboxylic acids is 1. The summed E-state index contributed by atoms with van der Waals surface area (Å²) in [6.07, 6.45) is -0.894. The Labute approximate surface area is 123 Å². The molecule has 1 heterocycles. The maximum Gasteiger partial charge on any atom is 0.332 e. The normalized spacial score (nSPS) is 22.2. The van der Waals surface area contributed by atoms with Gasteiger partial charge < -0.3 is 15.2 Å². The summed E-state index contributed by atoms with van der Waals surface area (Å²) in [5.41, 5.74) is 0.542. The molecule has 2 atom stereocenters. The van der Waals surface area contributed by atoms with Crippen molar-refractivity contribution in [2.45, 2.75) is 25.0 Å². The van der Waals surface area contributed by atoms with E-state index in [1.807, 2.05) is 0 Å². The minimum atomic E-state index is -1.04. The van der Waals surface area contributed by atoms with Crippen molar-refractivity contribution >= 4 is 45.1 Å². The van der Waals surface area contributed by atoms with Crippen molar-refractivity contribution in [2.24, 2.45) is 0 Å². The van der Waals surface area contributed by atoms with E-state index in [2.05, 4.69) is 21.2 Å². The molecule has 1 aromatic rings. The minimum Gasteiger partial charge on any atom is -0.479 e. The molecule has 0 aliphatic carbocycles. The minimum absolute atomic E-state index is 0.342. The molecular formula is C12H11BrClNO4. The van der Waals surface area contributed by atoms with E-state index in [1.54, 1.807) is 18.2 Å². The third-order valence-electron chi connectivity index (χ3n) is 2.77. The van der Waals surface area contributed by atoms with Crippen molar-refractivity contribution in [3.05, 3.63) is 27.7 Å². The summed E-state index contributed by atoms with van der Waals surface area (Å²) in [7, 11) is 0. The molecule has 0 aromatic heterocycles. The number of amides is 1. The van der Waals surface area contributed by atoms with Crippen LogP contribution in [0.5, 0.6) is 0 Å². The fourth-order valence-electron chi connectivity index (χ4n) is 1.81. The van der Waals surface area contributed by atoms with E-state index >= 15 is 0 Å². The number of carbonyl (C=O) groups excluding carboxylic acids is 1. The van der Waals surface area contributed by atoms with Crippen LogP contribution in [0, 0.1) is 0 Å². The Morgan fingerprint density at radius 3 is 2.63 bits per heavy atom. The van der Waals surface area contributed by atoms with Gasteiger partial charge in [0.2, 0.25) is 0 Å². The Morgan fingerprint density at radius 1 is 1.37 bits per heavy atom. The first kappa shape index (κ1) is 14.3. The third kappa shape index (κ3) is 3.46. The van der Waals surface area contributed by atoms with Crippen LogP contribution in [0.15, 0.2) is 22.7 Å². The topological polar surface area (TPSA) is 75.6 Å². The quantitative estimate of drug-likeness (QED) is 0.880. The fourth-order valence-corrected chi connectivity index (χ4v) is 2.24. The van der Waals surface area contributed by atoms with Crippen LogP contribution in [0.3, 0.4) is 0 Å². The van der Waals surface area contributed by atoms with E-state index in [0.29, 0.717) is 23.6 Å². The van der Waals surface area contributed by atoms with Crippen LogP contribution >= 0.6 is 27.5 Å². The summed E-state index contributed by atoms with van der Waals surface area (Å²) in [6, 6.07) is 5.01. The van der Waals surface area contributed by atoms with Gasteiger partial charge in [0.05, 0.1) is 5.02 Å². The van der Waals surface area contributed by atoms with Gasteiger partial charge in [-0.25, -0.2) is 4.79 Å². The second-order valence-electron chi connectivity index (χ2n) is 4.15. The largest absolute Gasteiger partial charge is 0.479 e. The van der Waals surface area contributed by atoms with E-state index in [4.69, 9.17) is 21.4 Å². The summed E-state index contributed by atoms with van der Waals surface area (Å²) >= 11 is 9.17. The second kappa shape index (κ2) is 5.90. The Bertz CT molecular complexity index is 522. The van der Waals surface area contributed by atoms with Crippen LogP contribution in [0.1, 0.15) is 12.8 Å². The molecule has 1 saturated heterocycles. The highest BCUT2D eigenvalue weighted by Crippen LogP contribution is 2.26. The van der Waals surface area contributed by atoms with Gasteiger partial charge in [0.1, 0.15) is 6.10 Å². The second-order valence-corrected chi connectivity index (χ2v) is 5.41. The number of nitrogens with one attached hydrogen (secondary N) is 1. The number of rotatable bonds is 3.